The first-order valence-electron chi connectivity index (χ1n) is 6.65. The van der Waals surface area contributed by atoms with Gasteiger partial charge in [0.15, 0.2) is 0 Å². The van der Waals surface area contributed by atoms with Gasteiger partial charge in [-0.1, -0.05) is 12.1 Å². The molecule has 9 nitrogen and oxygen atoms in total. The SMILES string of the molecule is COC(=O)c1ccccc1NC(=O)CCn1cc([N+](=O)[O-])cn1. The van der Waals surface area contributed by atoms with Crippen LogP contribution in [-0.2, 0) is 16.1 Å². The van der Waals surface area contributed by atoms with Crippen molar-refractivity contribution in [1.29, 1.82) is 0 Å². The minimum absolute atomic E-state index is 0.0499. The number of aryl methyl sites for hydroxylation is 1. The van der Waals surface area contributed by atoms with E-state index in [1.165, 1.54) is 24.1 Å². The van der Waals surface area contributed by atoms with E-state index in [1.54, 1.807) is 18.2 Å². The topological polar surface area (TPSA) is 116 Å². The van der Waals surface area contributed by atoms with E-state index in [4.69, 9.17) is 0 Å². The van der Waals surface area contributed by atoms with Gasteiger partial charge in [0, 0.05) is 13.0 Å². The van der Waals surface area contributed by atoms with E-state index >= 15 is 0 Å². The third kappa shape index (κ3) is 4.13. The van der Waals surface area contributed by atoms with Gasteiger partial charge in [-0.2, -0.15) is 5.10 Å². The molecule has 9 heteroatoms. The maximum Gasteiger partial charge on any atom is 0.339 e. The third-order valence-electron chi connectivity index (χ3n) is 3.00. The number of esters is 1. The van der Waals surface area contributed by atoms with E-state index in [0.717, 1.165) is 6.20 Å². The monoisotopic (exact) mass is 318 g/mol. The van der Waals surface area contributed by atoms with Crippen LogP contribution in [0.1, 0.15) is 16.8 Å². The lowest BCUT2D eigenvalue weighted by Gasteiger charge is -2.09. The normalized spacial score (nSPS) is 10.1. The Morgan fingerprint density at radius 3 is 2.78 bits per heavy atom. The van der Waals surface area contributed by atoms with Crippen LogP contribution in [-0.4, -0.2) is 33.7 Å². The molecule has 1 amide bonds. The predicted molar refractivity (Wildman–Crippen MR) is 79.9 cm³/mol. The molecule has 1 aromatic heterocycles. The average molecular weight is 318 g/mol. The van der Waals surface area contributed by atoms with Gasteiger partial charge in [0.25, 0.3) is 0 Å². The van der Waals surface area contributed by atoms with Crippen LogP contribution < -0.4 is 5.32 Å². The van der Waals surface area contributed by atoms with Crippen LogP contribution in [0.5, 0.6) is 0 Å². The van der Waals surface area contributed by atoms with E-state index in [9.17, 15) is 19.7 Å². The van der Waals surface area contributed by atoms with Crippen molar-refractivity contribution in [2.24, 2.45) is 0 Å². The molecule has 0 unspecified atom stereocenters. The van der Waals surface area contributed by atoms with Crippen LogP contribution in [0.15, 0.2) is 36.7 Å². The number of amides is 1. The molecule has 0 fully saturated rings. The molecule has 1 N–H and O–H groups in total. The number of ether oxygens (including phenoxy) is 1. The summed E-state index contributed by atoms with van der Waals surface area (Å²) < 4.78 is 5.95. The maximum atomic E-state index is 12.0. The van der Waals surface area contributed by atoms with E-state index in [2.05, 4.69) is 15.2 Å². The van der Waals surface area contributed by atoms with Crippen LogP contribution in [0.4, 0.5) is 11.4 Å². The number of hydrogen-bond donors (Lipinski definition) is 1. The van der Waals surface area contributed by atoms with Crippen molar-refractivity contribution in [2.45, 2.75) is 13.0 Å². The number of aromatic nitrogens is 2. The summed E-state index contributed by atoms with van der Waals surface area (Å²) in [5.74, 6) is -0.900. The molecule has 2 aromatic rings. The summed E-state index contributed by atoms with van der Waals surface area (Å²) in [6, 6.07) is 6.46. The Hall–Kier alpha value is -3.23. The van der Waals surface area contributed by atoms with Gasteiger partial charge in [-0.3, -0.25) is 19.6 Å². The van der Waals surface area contributed by atoms with Gasteiger partial charge in [-0.25, -0.2) is 4.79 Å². The molecule has 2 rings (SSSR count). The first-order chi connectivity index (χ1) is 11.0. The zero-order valence-electron chi connectivity index (χ0n) is 12.3. The number of benzene rings is 1. The number of carbonyl (C=O) groups excluding carboxylic acids is 2. The molecule has 0 aliphatic heterocycles. The first-order valence-corrected chi connectivity index (χ1v) is 6.65. The predicted octanol–water partition coefficient (Wildman–Crippen LogP) is 1.61. The molecule has 1 heterocycles. The lowest BCUT2D eigenvalue weighted by Crippen LogP contribution is -2.17. The Kier molecular flexibility index (Phi) is 5.03. The van der Waals surface area contributed by atoms with Crippen molar-refractivity contribution >= 4 is 23.3 Å². The van der Waals surface area contributed by atoms with Crippen LogP contribution in [0.2, 0.25) is 0 Å². The van der Waals surface area contributed by atoms with Crippen molar-refractivity contribution < 1.29 is 19.2 Å². The van der Waals surface area contributed by atoms with Gasteiger partial charge in [-0.05, 0) is 12.1 Å². The third-order valence-corrected chi connectivity index (χ3v) is 3.00. The highest BCUT2D eigenvalue weighted by molar-refractivity contribution is 6.01. The van der Waals surface area contributed by atoms with Gasteiger partial charge >= 0.3 is 11.7 Å². The number of nitrogens with zero attached hydrogens (tertiary/aromatic N) is 3. The summed E-state index contributed by atoms with van der Waals surface area (Å²) in [7, 11) is 1.26. The molecule has 120 valence electrons. The van der Waals surface area contributed by atoms with Gasteiger partial charge < -0.3 is 10.1 Å². The van der Waals surface area contributed by atoms with Crippen LogP contribution in [0, 0.1) is 10.1 Å². The summed E-state index contributed by atoms with van der Waals surface area (Å²) in [4.78, 5) is 33.6. The Bertz CT molecular complexity index is 740. The Balaban J connectivity index is 1.97. The zero-order chi connectivity index (χ0) is 16.8. The lowest BCUT2D eigenvalue weighted by atomic mass is 10.1. The molecule has 0 spiro atoms. The molecule has 1 aromatic carbocycles. The average Bonchev–Trinajstić information content (AvgIpc) is 3.02. The summed E-state index contributed by atoms with van der Waals surface area (Å²) in [6.45, 7) is 0.181. The molecule has 0 bridgehead atoms. The highest BCUT2D eigenvalue weighted by Crippen LogP contribution is 2.16. The number of anilines is 1. The lowest BCUT2D eigenvalue weighted by molar-refractivity contribution is -0.385. The van der Waals surface area contributed by atoms with Crippen molar-refractivity contribution in [2.75, 3.05) is 12.4 Å². The number of rotatable bonds is 6. The highest BCUT2D eigenvalue weighted by atomic mass is 16.6. The van der Waals surface area contributed by atoms with Gasteiger partial charge in [-0.15, -0.1) is 0 Å². The minimum atomic E-state index is -0.559. The number of para-hydroxylation sites is 1. The molecule has 0 radical (unpaired) electrons. The molecular weight excluding hydrogens is 304 g/mol. The van der Waals surface area contributed by atoms with Crippen LogP contribution in [0.3, 0.4) is 0 Å². The minimum Gasteiger partial charge on any atom is -0.465 e. The molecule has 0 aliphatic carbocycles. The quantitative estimate of drug-likeness (QED) is 0.491. The van der Waals surface area contributed by atoms with Crippen molar-refractivity contribution in [1.82, 2.24) is 9.78 Å². The molecule has 0 aliphatic rings. The molecular formula is C14H14N4O5. The Labute approximate surface area is 131 Å². The standard InChI is InChI=1S/C14H14N4O5/c1-23-14(20)11-4-2-3-5-12(11)16-13(19)6-7-17-9-10(8-15-17)18(21)22/h2-5,8-9H,6-7H2,1H3,(H,16,19). The van der Waals surface area contributed by atoms with E-state index in [-0.39, 0.29) is 30.1 Å². The van der Waals surface area contributed by atoms with Gasteiger partial charge in [0.05, 0.1) is 23.3 Å². The van der Waals surface area contributed by atoms with Crippen LogP contribution >= 0.6 is 0 Å². The van der Waals surface area contributed by atoms with Crippen molar-refractivity contribution in [3.8, 4) is 0 Å². The summed E-state index contributed by atoms with van der Waals surface area (Å²) >= 11 is 0. The van der Waals surface area contributed by atoms with E-state index in [0.29, 0.717) is 5.69 Å². The maximum absolute atomic E-state index is 12.0. The summed E-state index contributed by atoms with van der Waals surface area (Å²) in [6.07, 6.45) is 2.41. The molecule has 23 heavy (non-hydrogen) atoms. The second-order valence-corrected chi connectivity index (χ2v) is 4.55. The second-order valence-electron chi connectivity index (χ2n) is 4.55. The Morgan fingerprint density at radius 1 is 1.39 bits per heavy atom. The number of nitrogens with one attached hydrogen (secondary N) is 1. The summed E-state index contributed by atoms with van der Waals surface area (Å²) in [5, 5.41) is 17.0. The fourth-order valence-corrected chi connectivity index (χ4v) is 1.88. The number of hydrogen-bond acceptors (Lipinski definition) is 6. The summed E-state index contributed by atoms with van der Waals surface area (Å²) in [5.41, 5.74) is 0.454. The molecule has 0 saturated heterocycles. The van der Waals surface area contributed by atoms with Crippen molar-refractivity contribution in [3.63, 3.8) is 0 Å². The first kappa shape index (κ1) is 16.1. The molecule has 0 atom stereocenters. The molecule has 0 saturated carbocycles. The largest absolute Gasteiger partial charge is 0.465 e. The van der Waals surface area contributed by atoms with Crippen LogP contribution in [0.25, 0.3) is 0 Å². The zero-order valence-corrected chi connectivity index (χ0v) is 12.3. The van der Waals surface area contributed by atoms with E-state index < -0.39 is 10.9 Å². The van der Waals surface area contributed by atoms with Crippen molar-refractivity contribution in [3.05, 3.63) is 52.3 Å². The van der Waals surface area contributed by atoms with Gasteiger partial charge in [0.1, 0.15) is 12.4 Å². The fourth-order valence-electron chi connectivity index (χ4n) is 1.88. The smallest absolute Gasteiger partial charge is 0.339 e. The Morgan fingerprint density at radius 2 is 2.13 bits per heavy atom. The second kappa shape index (κ2) is 7.16. The number of carbonyl (C=O) groups is 2. The number of methoxy groups -OCH3 is 1. The van der Waals surface area contributed by atoms with Gasteiger partial charge in [0.2, 0.25) is 5.91 Å². The van der Waals surface area contributed by atoms with E-state index in [1.807, 2.05) is 0 Å². The highest BCUT2D eigenvalue weighted by Gasteiger charge is 2.14. The number of nitro groups is 1. The fraction of sp³-hybridized carbons (Fsp3) is 0.214.